The Hall–Kier alpha value is -3.16. The number of rotatable bonds is 4. The van der Waals surface area contributed by atoms with Gasteiger partial charge < -0.3 is 5.32 Å². The molecule has 0 saturated heterocycles. The van der Waals surface area contributed by atoms with E-state index in [-0.39, 0.29) is 21.4 Å². The third-order valence-corrected chi connectivity index (χ3v) is 7.13. The van der Waals surface area contributed by atoms with Crippen molar-refractivity contribution in [1.82, 2.24) is 0 Å². The molecule has 8 heteroatoms. The van der Waals surface area contributed by atoms with E-state index in [2.05, 4.69) is 5.32 Å². The fraction of sp³-hybridized carbons (Fsp3) is 0.200. The van der Waals surface area contributed by atoms with Crippen LogP contribution in [-0.2, 0) is 21.1 Å². The average Bonchev–Trinajstić information content (AvgIpc) is 2.79. The first kappa shape index (κ1) is 23.0. The Balaban J connectivity index is 1.75. The van der Waals surface area contributed by atoms with Gasteiger partial charge in [-0.25, -0.2) is 8.42 Å². The molecule has 0 aromatic heterocycles. The highest BCUT2D eigenvalue weighted by Gasteiger charge is 2.37. The average molecular weight is 483 g/mol. The lowest BCUT2D eigenvalue weighted by Crippen LogP contribution is -2.50. The molecule has 1 atom stereocenters. The molecule has 1 unspecified atom stereocenters. The van der Waals surface area contributed by atoms with Crippen LogP contribution >= 0.6 is 11.6 Å². The maximum atomic E-state index is 13.7. The number of sulfone groups is 1. The predicted molar refractivity (Wildman–Crippen MR) is 130 cm³/mol. The minimum Gasteiger partial charge on any atom is -0.324 e. The number of aryl methyl sites for hydroxylation is 2. The number of anilines is 2. The largest absolute Gasteiger partial charge is 0.324 e. The van der Waals surface area contributed by atoms with E-state index in [1.165, 1.54) is 23.1 Å². The monoisotopic (exact) mass is 482 g/mol. The summed E-state index contributed by atoms with van der Waals surface area (Å²) in [6.45, 7) is 1.96. The van der Waals surface area contributed by atoms with Gasteiger partial charge in [-0.3, -0.25) is 14.5 Å². The van der Waals surface area contributed by atoms with E-state index in [1.54, 1.807) is 12.1 Å². The topological polar surface area (TPSA) is 83.6 Å². The molecule has 3 aromatic rings. The third kappa shape index (κ3) is 4.79. The van der Waals surface area contributed by atoms with Crippen molar-refractivity contribution in [1.29, 1.82) is 0 Å². The molecule has 1 heterocycles. The normalized spacial score (nSPS) is 15.6. The lowest BCUT2D eigenvalue weighted by molar-refractivity contribution is -0.117. The molecule has 170 valence electrons. The zero-order chi connectivity index (χ0) is 23.8. The maximum absolute atomic E-state index is 13.7. The van der Waals surface area contributed by atoms with Crippen LogP contribution in [0, 0.1) is 6.92 Å². The highest BCUT2D eigenvalue weighted by molar-refractivity contribution is 7.90. The van der Waals surface area contributed by atoms with Crippen molar-refractivity contribution in [3.63, 3.8) is 0 Å². The highest BCUT2D eigenvalue weighted by Crippen LogP contribution is 2.34. The van der Waals surface area contributed by atoms with Gasteiger partial charge in [0.05, 0.1) is 15.5 Å². The SMILES string of the molecule is Cc1ccc(NC(=O)C2CCc3ccccc3N2C(=O)c2cc(S(C)(=O)=O)ccc2Cl)cc1. The molecule has 3 aromatic carbocycles. The smallest absolute Gasteiger partial charge is 0.260 e. The van der Waals surface area contributed by atoms with Gasteiger partial charge in [0.25, 0.3) is 5.91 Å². The maximum Gasteiger partial charge on any atom is 0.260 e. The van der Waals surface area contributed by atoms with Gasteiger partial charge in [-0.15, -0.1) is 0 Å². The number of carbonyl (C=O) groups is 2. The Labute approximate surface area is 198 Å². The lowest BCUT2D eigenvalue weighted by atomic mass is 9.94. The molecule has 0 saturated carbocycles. The van der Waals surface area contributed by atoms with Crippen molar-refractivity contribution < 1.29 is 18.0 Å². The van der Waals surface area contributed by atoms with E-state index in [0.29, 0.717) is 24.2 Å². The molecule has 2 amide bonds. The molecule has 4 rings (SSSR count). The fourth-order valence-corrected chi connectivity index (χ4v) is 4.78. The number of nitrogens with zero attached hydrogens (tertiary/aromatic N) is 1. The highest BCUT2D eigenvalue weighted by atomic mass is 35.5. The Kier molecular flexibility index (Phi) is 6.28. The molecule has 0 radical (unpaired) electrons. The van der Waals surface area contributed by atoms with E-state index >= 15 is 0 Å². The Bertz CT molecular complexity index is 1340. The van der Waals surface area contributed by atoms with Crippen LogP contribution in [0.15, 0.2) is 71.6 Å². The number of benzene rings is 3. The van der Waals surface area contributed by atoms with E-state index in [1.807, 2.05) is 43.3 Å². The third-order valence-electron chi connectivity index (χ3n) is 5.69. The molecule has 1 N–H and O–H groups in total. The molecule has 0 aliphatic carbocycles. The second-order valence-corrected chi connectivity index (χ2v) is 10.6. The number of carbonyl (C=O) groups excluding carboxylic acids is 2. The van der Waals surface area contributed by atoms with Crippen LogP contribution in [0.25, 0.3) is 0 Å². The summed E-state index contributed by atoms with van der Waals surface area (Å²) in [5.41, 5.74) is 3.27. The van der Waals surface area contributed by atoms with Crippen LogP contribution in [0.5, 0.6) is 0 Å². The summed E-state index contributed by atoms with van der Waals surface area (Å²) in [6, 6.07) is 18.0. The van der Waals surface area contributed by atoms with Crippen molar-refractivity contribution in [2.24, 2.45) is 0 Å². The number of para-hydroxylation sites is 1. The first-order valence-corrected chi connectivity index (χ1v) is 12.7. The summed E-state index contributed by atoms with van der Waals surface area (Å²) in [4.78, 5) is 28.4. The summed E-state index contributed by atoms with van der Waals surface area (Å²) in [5.74, 6) is -0.848. The van der Waals surface area contributed by atoms with Gasteiger partial charge >= 0.3 is 0 Å². The van der Waals surface area contributed by atoms with Crippen LogP contribution < -0.4 is 10.2 Å². The zero-order valence-electron chi connectivity index (χ0n) is 18.2. The van der Waals surface area contributed by atoms with Gasteiger partial charge in [0, 0.05) is 17.6 Å². The van der Waals surface area contributed by atoms with Crippen molar-refractivity contribution in [2.45, 2.75) is 30.7 Å². The van der Waals surface area contributed by atoms with Crippen molar-refractivity contribution >= 4 is 44.6 Å². The van der Waals surface area contributed by atoms with Gasteiger partial charge in [-0.2, -0.15) is 0 Å². The molecule has 0 spiro atoms. The standard InChI is InChI=1S/C25H23ClN2O4S/c1-16-7-10-18(11-8-16)27-24(29)23-14-9-17-5-3-4-6-22(17)28(23)25(30)20-15-19(33(2,31)32)12-13-21(20)26/h3-8,10-13,15,23H,9,14H2,1-2H3,(H,27,29). The summed E-state index contributed by atoms with van der Waals surface area (Å²) in [5, 5.41) is 3.01. The quantitative estimate of drug-likeness (QED) is 0.586. The van der Waals surface area contributed by atoms with E-state index in [0.717, 1.165) is 17.4 Å². The summed E-state index contributed by atoms with van der Waals surface area (Å²) in [7, 11) is -3.55. The number of nitrogens with one attached hydrogen (secondary N) is 1. The van der Waals surface area contributed by atoms with Gasteiger partial charge in [0.2, 0.25) is 5.91 Å². The minimum absolute atomic E-state index is 0.0128. The molecule has 0 bridgehead atoms. The predicted octanol–water partition coefficient (Wildman–Crippen LogP) is 4.65. The molecular weight excluding hydrogens is 460 g/mol. The molecule has 1 aliphatic rings. The van der Waals surface area contributed by atoms with Gasteiger partial charge in [-0.05, 0) is 61.7 Å². The molecule has 0 fully saturated rings. The van der Waals surface area contributed by atoms with E-state index in [9.17, 15) is 18.0 Å². The van der Waals surface area contributed by atoms with Crippen molar-refractivity contribution in [3.05, 3.63) is 88.4 Å². The Morgan fingerprint density at radius 2 is 1.73 bits per heavy atom. The Morgan fingerprint density at radius 3 is 2.42 bits per heavy atom. The first-order valence-electron chi connectivity index (χ1n) is 10.4. The summed E-state index contributed by atoms with van der Waals surface area (Å²) >= 11 is 6.32. The number of hydrogen-bond donors (Lipinski definition) is 1. The molecule has 1 aliphatic heterocycles. The summed E-state index contributed by atoms with van der Waals surface area (Å²) < 4.78 is 24.1. The fourth-order valence-electron chi connectivity index (χ4n) is 3.94. The zero-order valence-corrected chi connectivity index (χ0v) is 19.8. The summed E-state index contributed by atoms with van der Waals surface area (Å²) in [6.07, 6.45) is 2.12. The van der Waals surface area contributed by atoms with Crippen molar-refractivity contribution in [3.8, 4) is 0 Å². The van der Waals surface area contributed by atoms with Crippen molar-refractivity contribution in [2.75, 3.05) is 16.5 Å². The molecule has 6 nitrogen and oxygen atoms in total. The number of amides is 2. The lowest BCUT2D eigenvalue weighted by Gasteiger charge is -2.36. The van der Waals surface area contributed by atoms with Crippen LogP contribution in [0.1, 0.15) is 27.9 Å². The van der Waals surface area contributed by atoms with Gasteiger partial charge in [-0.1, -0.05) is 47.5 Å². The van der Waals surface area contributed by atoms with Crippen LogP contribution in [0.4, 0.5) is 11.4 Å². The first-order chi connectivity index (χ1) is 15.6. The second-order valence-electron chi connectivity index (χ2n) is 8.13. The van der Waals surface area contributed by atoms with Crippen LogP contribution in [0.3, 0.4) is 0 Å². The van der Waals surface area contributed by atoms with Gasteiger partial charge in [0.15, 0.2) is 9.84 Å². The minimum atomic E-state index is -3.55. The molecule has 33 heavy (non-hydrogen) atoms. The Morgan fingerprint density at radius 1 is 1.03 bits per heavy atom. The van der Waals surface area contributed by atoms with Crippen LogP contribution in [-0.4, -0.2) is 32.5 Å². The number of hydrogen-bond acceptors (Lipinski definition) is 4. The molecular formula is C25H23ClN2O4S. The second kappa shape index (κ2) is 9.00. The van der Waals surface area contributed by atoms with Gasteiger partial charge in [0.1, 0.15) is 6.04 Å². The number of halogens is 1. The van der Waals surface area contributed by atoms with E-state index < -0.39 is 21.8 Å². The number of fused-ring (bicyclic) bond motifs is 1. The van der Waals surface area contributed by atoms with E-state index in [4.69, 9.17) is 11.6 Å². The van der Waals surface area contributed by atoms with Crippen LogP contribution in [0.2, 0.25) is 5.02 Å².